The summed E-state index contributed by atoms with van der Waals surface area (Å²) < 4.78 is 24.7. The first-order chi connectivity index (χ1) is 10.2. The third-order valence-corrected chi connectivity index (χ3v) is 3.07. The lowest BCUT2D eigenvalue weighted by atomic mass is 10.1. The Morgan fingerprint density at radius 3 is 2.71 bits per heavy atom. The largest absolute Gasteiger partial charge is 0.497 e. The third kappa shape index (κ3) is 3.30. The predicted octanol–water partition coefficient (Wildman–Crippen LogP) is 2.74. The van der Waals surface area contributed by atoms with E-state index in [1.807, 2.05) is 0 Å². The second-order valence-electron chi connectivity index (χ2n) is 4.36. The van der Waals surface area contributed by atoms with Crippen LogP contribution in [0.2, 0.25) is 0 Å². The number of nitrogens with two attached hydrogens (primary N) is 1. The number of nitrogens with zero attached hydrogens (tertiary/aromatic N) is 1. The second-order valence-corrected chi connectivity index (χ2v) is 4.36. The summed E-state index contributed by atoms with van der Waals surface area (Å²) >= 11 is 0. The molecule has 2 N–H and O–H groups in total. The molecule has 2 aromatic rings. The van der Waals surface area contributed by atoms with Crippen molar-refractivity contribution >= 4 is 0 Å². The van der Waals surface area contributed by atoms with Crippen molar-refractivity contribution in [3.05, 3.63) is 58.9 Å². The molecule has 5 heteroatoms. The molecule has 2 rings (SSSR count). The van der Waals surface area contributed by atoms with Crippen molar-refractivity contribution in [1.82, 2.24) is 0 Å². The zero-order valence-electron chi connectivity index (χ0n) is 11.6. The van der Waals surface area contributed by atoms with Crippen molar-refractivity contribution in [2.75, 3.05) is 7.11 Å². The van der Waals surface area contributed by atoms with Crippen LogP contribution in [0.25, 0.3) is 0 Å². The molecule has 0 bridgehead atoms. The van der Waals surface area contributed by atoms with Crippen molar-refractivity contribution < 1.29 is 13.9 Å². The van der Waals surface area contributed by atoms with Gasteiger partial charge in [0, 0.05) is 17.7 Å². The Kier molecular flexibility index (Phi) is 4.75. The van der Waals surface area contributed by atoms with Gasteiger partial charge in [0.05, 0.1) is 12.7 Å². The van der Waals surface area contributed by atoms with Gasteiger partial charge in [-0.2, -0.15) is 5.26 Å². The number of rotatable bonds is 5. The fourth-order valence-electron chi connectivity index (χ4n) is 1.92. The summed E-state index contributed by atoms with van der Waals surface area (Å²) in [7, 11) is 1.57. The van der Waals surface area contributed by atoms with Gasteiger partial charge in [-0.25, -0.2) is 4.39 Å². The van der Waals surface area contributed by atoms with E-state index in [2.05, 4.69) is 0 Å². The van der Waals surface area contributed by atoms with Crippen LogP contribution in [0.4, 0.5) is 4.39 Å². The average molecular weight is 286 g/mol. The number of hydrogen-bond acceptors (Lipinski definition) is 4. The minimum Gasteiger partial charge on any atom is -0.497 e. The minimum atomic E-state index is -0.553. The summed E-state index contributed by atoms with van der Waals surface area (Å²) in [5.41, 5.74) is 6.77. The molecule has 0 aliphatic heterocycles. The van der Waals surface area contributed by atoms with Gasteiger partial charge < -0.3 is 15.2 Å². The summed E-state index contributed by atoms with van der Waals surface area (Å²) in [6.07, 6.45) is 0. The number of hydrogen-bond donors (Lipinski definition) is 1. The van der Waals surface area contributed by atoms with Crippen LogP contribution in [0, 0.1) is 17.1 Å². The van der Waals surface area contributed by atoms with E-state index in [1.165, 1.54) is 6.07 Å². The molecule has 0 radical (unpaired) electrons. The summed E-state index contributed by atoms with van der Waals surface area (Å²) in [4.78, 5) is 0. The lowest BCUT2D eigenvalue weighted by Gasteiger charge is -2.12. The molecule has 0 atom stereocenters. The lowest BCUT2D eigenvalue weighted by Crippen LogP contribution is -2.05. The predicted molar refractivity (Wildman–Crippen MR) is 76.3 cm³/mol. The molecule has 0 saturated heterocycles. The van der Waals surface area contributed by atoms with Crippen molar-refractivity contribution in [2.24, 2.45) is 5.73 Å². The maximum atomic E-state index is 13.9. The minimum absolute atomic E-state index is 0.00452. The Bertz CT molecular complexity index is 680. The SMILES string of the molecule is COc1ccc(OCc2cccc(C#N)c2F)c(CN)c1. The van der Waals surface area contributed by atoms with Gasteiger partial charge in [-0.1, -0.05) is 12.1 Å². The zero-order valence-corrected chi connectivity index (χ0v) is 11.6. The van der Waals surface area contributed by atoms with Gasteiger partial charge >= 0.3 is 0 Å². The Balaban J connectivity index is 2.19. The molecule has 0 fully saturated rings. The molecule has 4 nitrogen and oxygen atoms in total. The molecular formula is C16H15FN2O2. The molecule has 2 aromatic carbocycles. The molecule has 21 heavy (non-hydrogen) atoms. The number of ether oxygens (including phenoxy) is 2. The second kappa shape index (κ2) is 6.73. The molecule has 0 spiro atoms. The molecule has 0 aromatic heterocycles. The van der Waals surface area contributed by atoms with Crippen molar-refractivity contribution in [2.45, 2.75) is 13.2 Å². The van der Waals surface area contributed by atoms with E-state index >= 15 is 0 Å². The number of benzene rings is 2. The Labute approximate surface area is 122 Å². The van der Waals surface area contributed by atoms with Gasteiger partial charge in [0.25, 0.3) is 0 Å². The van der Waals surface area contributed by atoms with Crippen LogP contribution in [0.3, 0.4) is 0 Å². The van der Waals surface area contributed by atoms with Crippen LogP contribution in [-0.4, -0.2) is 7.11 Å². The van der Waals surface area contributed by atoms with Crippen LogP contribution in [0.1, 0.15) is 16.7 Å². The van der Waals surface area contributed by atoms with Crippen LogP contribution in [-0.2, 0) is 13.2 Å². The Hall–Kier alpha value is -2.58. The topological polar surface area (TPSA) is 68.3 Å². The quantitative estimate of drug-likeness (QED) is 0.917. The van der Waals surface area contributed by atoms with E-state index in [0.29, 0.717) is 17.1 Å². The highest BCUT2D eigenvalue weighted by molar-refractivity contribution is 5.41. The fourth-order valence-corrected chi connectivity index (χ4v) is 1.92. The highest BCUT2D eigenvalue weighted by Crippen LogP contribution is 2.25. The van der Waals surface area contributed by atoms with Crippen LogP contribution < -0.4 is 15.2 Å². The number of nitriles is 1. The average Bonchev–Trinajstić information content (AvgIpc) is 2.53. The molecule has 108 valence electrons. The first kappa shape index (κ1) is 14.8. The summed E-state index contributed by atoms with van der Waals surface area (Å²) in [6, 6.07) is 11.7. The molecular weight excluding hydrogens is 271 g/mol. The third-order valence-electron chi connectivity index (χ3n) is 3.07. The van der Waals surface area contributed by atoms with Gasteiger partial charge in [-0.05, 0) is 24.3 Å². The molecule has 0 aliphatic carbocycles. The summed E-state index contributed by atoms with van der Waals surface area (Å²) in [6.45, 7) is 0.313. The normalized spacial score (nSPS) is 10.0. The first-order valence-corrected chi connectivity index (χ1v) is 6.37. The van der Waals surface area contributed by atoms with Gasteiger partial charge in [0.1, 0.15) is 30.0 Å². The number of methoxy groups -OCH3 is 1. The Morgan fingerprint density at radius 2 is 2.05 bits per heavy atom. The maximum Gasteiger partial charge on any atom is 0.147 e. The van der Waals surface area contributed by atoms with E-state index in [0.717, 1.165) is 5.56 Å². The molecule has 0 aliphatic rings. The highest BCUT2D eigenvalue weighted by Gasteiger charge is 2.10. The maximum absolute atomic E-state index is 13.9. The summed E-state index contributed by atoms with van der Waals surface area (Å²) in [5, 5.41) is 8.81. The monoisotopic (exact) mass is 286 g/mol. The Morgan fingerprint density at radius 1 is 1.24 bits per heavy atom. The van der Waals surface area contributed by atoms with Crippen molar-refractivity contribution in [3.8, 4) is 17.6 Å². The molecule has 0 saturated carbocycles. The standard InChI is InChI=1S/C16H15FN2O2/c1-20-14-5-6-15(13(7-14)9-19)21-10-12-4-2-3-11(8-18)16(12)17/h2-7H,9-10,19H2,1H3. The van der Waals surface area contributed by atoms with Gasteiger partial charge in [-0.15, -0.1) is 0 Å². The van der Waals surface area contributed by atoms with E-state index < -0.39 is 5.82 Å². The smallest absolute Gasteiger partial charge is 0.147 e. The fraction of sp³-hybridized carbons (Fsp3) is 0.188. The lowest BCUT2D eigenvalue weighted by molar-refractivity contribution is 0.296. The van der Waals surface area contributed by atoms with Gasteiger partial charge in [0.15, 0.2) is 0 Å². The van der Waals surface area contributed by atoms with Gasteiger partial charge in [-0.3, -0.25) is 0 Å². The van der Waals surface area contributed by atoms with Crippen molar-refractivity contribution in [1.29, 1.82) is 5.26 Å². The van der Waals surface area contributed by atoms with Gasteiger partial charge in [0.2, 0.25) is 0 Å². The van der Waals surface area contributed by atoms with E-state index in [4.69, 9.17) is 20.5 Å². The van der Waals surface area contributed by atoms with Crippen LogP contribution in [0.15, 0.2) is 36.4 Å². The number of halogens is 1. The van der Waals surface area contributed by atoms with Crippen LogP contribution >= 0.6 is 0 Å². The molecule has 0 heterocycles. The van der Waals surface area contributed by atoms with Crippen molar-refractivity contribution in [3.63, 3.8) is 0 Å². The molecule has 0 amide bonds. The van der Waals surface area contributed by atoms with E-state index in [1.54, 1.807) is 43.5 Å². The first-order valence-electron chi connectivity index (χ1n) is 6.37. The highest BCUT2D eigenvalue weighted by atomic mass is 19.1. The van der Waals surface area contributed by atoms with E-state index in [-0.39, 0.29) is 18.7 Å². The zero-order chi connectivity index (χ0) is 15.2. The molecule has 0 unspecified atom stereocenters. The van der Waals surface area contributed by atoms with Crippen LogP contribution in [0.5, 0.6) is 11.5 Å². The van der Waals surface area contributed by atoms with E-state index in [9.17, 15) is 4.39 Å². The summed E-state index contributed by atoms with van der Waals surface area (Å²) in [5.74, 6) is 0.698.